The molecule has 0 spiro atoms. The third-order valence-corrected chi connectivity index (χ3v) is 5.99. The van der Waals surface area contributed by atoms with Gasteiger partial charge < -0.3 is 29.6 Å². The molecule has 0 amide bonds. The van der Waals surface area contributed by atoms with Gasteiger partial charge in [0.05, 0.1) is 20.3 Å². The summed E-state index contributed by atoms with van der Waals surface area (Å²) in [6.07, 6.45) is 3.51. The van der Waals surface area contributed by atoms with Gasteiger partial charge in [-0.15, -0.1) is 0 Å². The molecule has 5 rings (SSSR count). The van der Waals surface area contributed by atoms with Crippen molar-refractivity contribution in [2.24, 2.45) is 11.7 Å². The molecule has 4 N–H and O–H groups in total. The second-order valence-electron chi connectivity index (χ2n) is 8.43. The van der Waals surface area contributed by atoms with Crippen molar-refractivity contribution in [1.29, 1.82) is 0 Å². The van der Waals surface area contributed by atoms with Crippen LogP contribution >= 0.6 is 0 Å². The molecule has 4 aromatic rings. The molecule has 1 aliphatic rings. The van der Waals surface area contributed by atoms with Gasteiger partial charge in [-0.25, -0.2) is 0 Å². The highest BCUT2D eigenvalue weighted by Gasteiger charge is 2.30. The van der Waals surface area contributed by atoms with E-state index in [9.17, 15) is 10.2 Å². The Morgan fingerprint density at radius 2 is 1.88 bits per heavy atom. The van der Waals surface area contributed by atoms with Crippen molar-refractivity contribution in [3.05, 3.63) is 53.8 Å². The van der Waals surface area contributed by atoms with E-state index in [4.69, 9.17) is 19.4 Å². The number of aliphatic hydroxyl groups excluding tert-OH is 2. The summed E-state index contributed by atoms with van der Waals surface area (Å²) in [5, 5.41) is 24.0. The first-order chi connectivity index (χ1) is 15.5. The number of hydrogen-bond acceptors (Lipinski definition) is 8. The second-order valence-corrected chi connectivity index (χ2v) is 8.43. The Morgan fingerprint density at radius 3 is 2.59 bits per heavy atom. The number of nitrogens with two attached hydrogens (primary N) is 1. The van der Waals surface area contributed by atoms with E-state index < -0.39 is 18.8 Å². The lowest BCUT2D eigenvalue weighted by molar-refractivity contribution is 0.105. The zero-order valence-corrected chi connectivity index (χ0v) is 17.7. The molecule has 2 aromatic carbocycles. The molecular formula is C24H25N3O5. The van der Waals surface area contributed by atoms with Crippen LogP contribution in [0.15, 0.2) is 51.4 Å². The first kappa shape index (κ1) is 20.7. The van der Waals surface area contributed by atoms with E-state index in [1.54, 1.807) is 19.2 Å². The molecule has 2 heterocycles. The van der Waals surface area contributed by atoms with Crippen LogP contribution in [0.25, 0.3) is 33.8 Å². The smallest absolute Gasteiger partial charge is 0.258 e. The van der Waals surface area contributed by atoms with Crippen LogP contribution in [0, 0.1) is 5.92 Å². The highest BCUT2D eigenvalue weighted by Crippen LogP contribution is 2.37. The third kappa shape index (κ3) is 3.77. The monoisotopic (exact) mass is 435 g/mol. The van der Waals surface area contributed by atoms with Crippen molar-refractivity contribution < 1.29 is 23.9 Å². The van der Waals surface area contributed by atoms with Crippen LogP contribution in [0.5, 0.6) is 5.75 Å². The number of aliphatic hydroxyl groups is 2. The van der Waals surface area contributed by atoms with Crippen molar-refractivity contribution in [3.63, 3.8) is 0 Å². The summed E-state index contributed by atoms with van der Waals surface area (Å²) in [5.74, 6) is 2.81. The van der Waals surface area contributed by atoms with E-state index >= 15 is 0 Å². The van der Waals surface area contributed by atoms with Crippen molar-refractivity contribution >= 4 is 11.0 Å². The Kier molecular flexibility index (Phi) is 5.21. The average Bonchev–Trinajstić information content (AvgIpc) is 3.33. The SMILES string of the molecule is COc1ccc(-c2nc(-c3ccc4oc(C(N)(CO)CO)cc4c3)no2)cc1CC1CC1. The summed E-state index contributed by atoms with van der Waals surface area (Å²) >= 11 is 0. The third-order valence-electron chi connectivity index (χ3n) is 5.99. The summed E-state index contributed by atoms with van der Waals surface area (Å²) in [6, 6.07) is 13.1. The fourth-order valence-corrected chi connectivity index (χ4v) is 3.80. The summed E-state index contributed by atoms with van der Waals surface area (Å²) in [7, 11) is 1.68. The quantitative estimate of drug-likeness (QED) is 0.385. The van der Waals surface area contributed by atoms with Gasteiger partial charge in [0.2, 0.25) is 5.82 Å². The minimum atomic E-state index is -1.34. The molecule has 1 saturated carbocycles. The van der Waals surface area contributed by atoms with Gasteiger partial charge in [0, 0.05) is 16.5 Å². The predicted octanol–water partition coefficient (Wildman–Crippen LogP) is 3.25. The topological polar surface area (TPSA) is 128 Å². The lowest BCUT2D eigenvalue weighted by atomic mass is 10.00. The summed E-state index contributed by atoms with van der Waals surface area (Å²) in [4.78, 5) is 4.58. The lowest BCUT2D eigenvalue weighted by Gasteiger charge is -2.21. The highest BCUT2D eigenvalue weighted by molar-refractivity contribution is 5.83. The molecule has 0 saturated heterocycles. The van der Waals surface area contributed by atoms with E-state index in [1.807, 2.05) is 24.3 Å². The average molecular weight is 435 g/mol. The molecule has 1 fully saturated rings. The number of methoxy groups -OCH3 is 1. The van der Waals surface area contributed by atoms with E-state index in [1.165, 1.54) is 12.8 Å². The molecule has 2 aromatic heterocycles. The van der Waals surface area contributed by atoms with E-state index in [2.05, 4.69) is 16.2 Å². The summed E-state index contributed by atoms with van der Waals surface area (Å²) in [5.41, 5.74) is 8.02. The Morgan fingerprint density at radius 1 is 1.09 bits per heavy atom. The molecule has 8 heteroatoms. The maximum Gasteiger partial charge on any atom is 0.258 e. The molecule has 0 aliphatic heterocycles. The molecule has 0 unspecified atom stereocenters. The minimum absolute atomic E-state index is 0.310. The van der Waals surface area contributed by atoms with Crippen LogP contribution in [0.2, 0.25) is 0 Å². The summed E-state index contributed by atoms with van der Waals surface area (Å²) in [6.45, 7) is -0.871. The normalized spacial score (nSPS) is 14.2. The van der Waals surface area contributed by atoms with Crippen molar-refractivity contribution in [3.8, 4) is 28.6 Å². The molecule has 0 radical (unpaired) electrons. The molecule has 32 heavy (non-hydrogen) atoms. The van der Waals surface area contributed by atoms with Crippen molar-refractivity contribution in [1.82, 2.24) is 10.1 Å². The molecular weight excluding hydrogens is 410 g/mol. The van der Waals surface area contributed by atoms with Crippen LogP contribution in [0.4, 0.5) is 0 Å². The number of ether oxygens (including phenoxy) is 1. The number of benzene rings is 2. The predicted molar refractivity (Wildman–Crippen MR) is 118 cm³/mol. The molecule has 0 bridgehead atoms. The zero-order chi connectivity index (χ0) is 22.3. The molecule has 1 aliphatic carbocycles. The number of rotatable bonds is 8. The van der Waals surface area contributed by atoms with Gasteiger partial charge in [0.25, 0.3) is 5.89 Å². The molecule has 166 valence electrons. The van der Waals surface area contributed by atoms with Gasteiger partial charge in [-0.05, 0) is 73.2 Å². The zero-order valence-electron chi connectivity index (χ0n) is 17.7. The number of aromatic nitrogens is 2. The summed E-state index contributed by atoms with van der Waals surface area (Å²) < 4.78 is 16.8. The van der Waals surface area contributed by atoms with E-state index in [0.29, 0.717) is 23.1 Å². The van der Waals surface area contributed by atoms with Crippen molar-refractivity contribution in [2.75, 3.05) is 20.3 Å². The largest absolute Gasteiger partial charge is 0.496 e. The molecule has 0 atom stereocenters. The van der Waals surface area contributed by atoms with Gasteiger partial charge in [0.1, 0.15) is 22.6 Å². The van der Waals surface area contributed by atoms with Gasteiger partial charge >= 0.3 is 0 Å². The molecule has 8 nitrogen and oxygen atoms in total. The van der Waals surface area contributed by atoms with Crippen LogP contribution in [0.1, 0.15) is 24.2 Å². The van der Waals surface area contributed by atoms with Crippen LogP contribution < -0.4 is 10.5 Å². The number of nitrogens with zero attached hydrogens (tertiary/aromatic N) is 2. The second kappa shape index (κ2) is 8.05. The Bertz CT molecular complexity index is 1250. The minimum Gasteiger partial charge on any atom is -0.496 e. The van der Waals surface area contributed by atoms with Crippen molar-refractivity contribution in [2.45, 2.75) is 24.8 Å². The maximum atomic E-state index is 9.53. The van der Waals surface area contributed by atoms with Crippen LogP contribution in [-0.2, 0) is 12.0 Å². The maximum absolute atomic E-state index is 9.53. The fourth-order valence-electron chi connectivity index (χ4n) is 3.80. The number of hydrogen-bond donors (Lipinski definition) is 3. The van der Waals surface area contributed by atoms with Crippen LogP contribution in [0.3, 0.4) is 0 Å². The Balaban J connectivity index is 1.45. The van der Waals surface area contributed by atoms with E-state index in [0.717, 1.165) is 40.2 Å². The standard InChI is InChI=1S/C24H25N3O5/c1-30-19-6-5-16(10-17(19)8-14-2-3-14)23-26-22(27-32-23)15-4-7-20-18(9-15)11-21(31-20)24(25,12-28)13-29/h4-7,9-11,14,28-29H,2-3,8,12-13,25H2,1H3. The van der Waals surface area contributed by atoms with Gasteiger partial charge in [-0.3, -0.25) is 0 Å². The first-order valence-electron chi connectivity index (χ1n) is 10.6. The van der Waals surface area contributed by atoms with Crippen LogP contribution in [-0.4, -0.2) is 40.7 Å². The van der Waals surface area contributed by atoms with Gasteiger partial charge in [0.15, 0.2) is 0 Å². The lowest BCUT2D eigenvalue weighted by Crippen LogP contribution is -2.43. The van der Waals surface area contributed by atoms with Gasteiger partial charge in [-0.2, -0.15) is 4.98 Å². The first-order valence-corrected chi connectivity index (χ1v) is 10.6. The Labute approximate surface area is 184 Å². The van der Waals surface area contributed by atoms with Gasteiger partial charge in [-0.1, -0.05) is 5.16 Å². The van der Waals surface area contributed by atoms with E-state index in [-0.39, 0.29) is 0 Å². The number of furan rings is 1. The number of fused-ring (bicyclic) bond motifs is 1. The highest BCUT2D eigenvalue weighted by atomic mass is 16.5. The Hall–Kier alpha value is -3.20. The fraction of sp³-hybridized carbons (Fsp3) is 0.333.